The fourth-order valence-corrected chi connectivity index (χ4v) is 2.98. The molecule has 2 amide bonds. The molecule has 2 aromatic carbocycles. The molecule has 0 saturated carbocycles. The molecule has 1 aliphatic heterocycles. The molecule has 0 N–H and O–H groups in total. The number of imide groups is 1. The number of methoxy groups -OCH3 is 1. The highest BCUT2D eigenvalue weighted by Gasteiger charge is 2.38. The van der Waals surface area contributed by atoms with Gasteiger partial charge in [-0.25, -0.2) is 9.69 Å². The van der Waals surface area contributed by atoms with Gasteiger partial charge in [-0.2, -0.15) is 0 Å². The van der Waals surface area contributed by atoms with E-state index >= 15 is 0 Å². The minimum atomic E-state index is -0.459. The van der Waals surface area contributed by atoms with E-state index in [1.165, 1.54) is 12.0 Å². The number of anilines is 1. The number of benzene rings is 2. The van der Waals surface area contributed by atoms with Gasteiger partial charge in [-0.05, 0) is 41.3 Å². The Hall–Kier alpha value is -2.95. The number of carbonyl (C=O) groups is 3. The van der Waals surface area contributed by atoms with Crippen molar-refractivity contribution >= 4 is 23.5 Å². The van der Waals surface area contributed by atoms with Crippen LogP contribution in [0.2, 0.25) is 0 Å². The van der Waals surface area contributed by atoms with Gasteiger partial charge in [0, 0.05) is 0 Å². The van der Waals surface area contributed by atoms with Crippen molar-refractivity contribution < 1.29 is 19.1 Å². The van der Waals surface area contributed by atoms with Crippen molar-refractivity contribution in [1.82, 2.24) is 0 Å². The second-order valence-corrected chi connectivity index (χ2v) is 6.96. The summed E-state index contributed by atoms with van der Waals surface area (Å²) in [5.74, 6) is -1.16. The molecule has 5 nitrogen and oxygen atoms in total. The van der Waals surface area contributed by atoms with E-state index in [4.69, 9.17) is 4.74 Å². The van der Waals surface area contributed by atoms with Crippen molar-refractivity contribution in [1.29, 1.82) is 0 Å². The molecule has 0 aromatic heterocycles. The van der Waals surface area contributed by atoms with Crippen molar-refractivity contribution in [2.45, 2.75) is 26.2 Å². The highest BCUT2D eigenvalue weighted by atomic mass is 16.5. The molecule has 5 heteroatoms. The van der Waals surface area contributed by atoms with Crippen LogP contribution in [0.4, 0.5) is 5.69 Å². The van der Waals surface area contributed by atoms with Crippen LogP contribution in [0.1, 0.15) is 57.4 Å². The highest BCUT2D eigenvalue weighted by Crippen LogP contribution is 2.37. The molecule has 0 atom stereocenters. The van der Waals surface area contributed by atoms with Crippen molar-refractivity contribution in [2.24, 2.45) is 0 Å². The zero-order chi connectivity index (χ0) is 18.4. The summed E-state index contributed by atoms with van der Waals surface area (Å²) in [6.07, 6.45) is 0. The Labute approximate surface area is 146 Å². The van der Waals surface area contributed by atoms with E-state index < -0.39 is 5.97 Å². The minimum absolute atomic E-state index is 0.350. The maximum atomic E-state index is 12.8. The first kappa shape index (κ1) is 16.9. The van der Waals surface area contributed by atoms with Crippen LogP contribution in [0.25, 0.3) is 0 Å². The van der Waals surface area contributed by atoms with Gasteiger partial charge in [0.05, 0.1) is 29.5 Å². The van der Waals surface area contributed by atoms with E-state index in [2.05, 4.69) is 0 Å². The number of hydrogen-bond acceptors (Lipinski definition) is 4. The van der Waals surface area contributed by atoms with E-state index in [0.717, 1.165) is 5.56 Å². The van der Waals surface area contributed by atoms with Gasteiger partial charge in [-0.1, -0.05) is 32.9 Å². The molecule has 0 fully saturated rings. The smallest absolute Gasteiger partial charge is 0.337 e. The Kier molecular flexibility index (Phi) is 3.95. The summed E-state index contributed by atoms with van der Waals surface area (Å²) in [4.78, 5) is 38.6. The first-order chi connectivity index (χ1) is 11.8. The van der Waals surface area contributed by atoms with Crippen LogP contribution in [0.3, 0.4) is 0 Å². The fraction of sp³-hybridized carbons (Fsp3) is 0.250. The van der Waals surface area contributed by atoms with Crippen molar-refractivity contribution in [3.05, 3.63) is 64.7 Å². The Balaban J connectivity index is 2.17. The summed E-state index contributed by atoms with van der Waals surface area (Å²) >= 11 is 0. The summed E-state index contributed by atoms with van der Waals surface area (Å²) < 4.78 is 4.78. The molecule has 2 aromatic rings. The molecule has 0 radical (unpaired) electrons. The number of esters is 1. The third kappa shape index (κ3) is 2.71. The molecule has 0 aliphatic carbocycles. The van der Waals surface area contributed by atoms with E-state index in [9.17, 15) is 14.4 Å². The van der Waals surface area contributed by atoms with Crippen LogP contribution in [-0.4, -0.2) is 24.9 Å². The summed E-state index contributed by atoms with van der Waals surface area (Å²) in [5.41, 5.74) is 2.01. The van der Waals surface area contributed by atoms with Gasteiger partial charge in [0.2, 0.25) is 0 Å². The predicted molar refractivity (Wildman–Crippen MR) is 94.1 cm³/mol. The van der Waals surface area contributed by atoms with Crippen molar-refractivity contribution in [2.75, 3.05) is 12.0 Å². The number of carbonyl (C=O) groups excluding carboxylic acids is 3. The summed E-state index contributed by atoms with van der Waals surface area (Å²) in [7, 11) is 1.32. The lowest BCUT2D eigenvalue weighted by atomic mass is 9.84. The van der Waals surface area contributed by atoms with Crippen LogP contribution in [0.5, 0.6) is 0 Å². The maximum absolute atomic E-state index is 12.8. The maximum Gasteiger partial charge on any atom is 0.337 e. The second-order valence-electron chi connectivity index (χ2n) is 6.96. The average Bonchev–Trinajstić information content (AvgIpc) is 2.84. The zero-order valence-corrected chi connectivity index (χ0v) is 14.6. The van der Waals surface area contributed by atoms with Crippen LogP contribution in [0.15, 0.2) is 42.5 Å². The van der Waals surface area contributed by atoms with E-state index in [0.29, 0.717) is 22.4 Å². The Morgan fingerprint density at radius 3 is 2.00 bits per heavy atom. The second kappa shape index (κ2) is 5.84. The molecule has 0 unspecified atom stereocenters. The number of fused-ring (bicyclic) bond motifs is 1. The lowest BCUT2D eigenvalue weighted by molar-refractivity contribution is 0.0600. The van der Waals surface area contributed by atoms with Gasteiger partial charge in [0.1, 0.15) is 0 Å². The Morgan fingerprint density at radius 2 is 1.52 bits per heavy atom. The lowest BCUT2D eigenvalue weighted by Gasteiger charge is -2.27. The molecule has 1 heterocycles. The van der Waals surface area contributed by atoms with Gasteiger partial charge in [-0.3, -0.25) is 9.59 Å². The molecule has 3 rings (SSSR count). The summed E-state index contributed by atoms with van der Waals surface area (Å²) in [6, 6.07) is 11.7. The number of nitrogens with zero attached hydrogens (tertiary/aromatic N) is 1. The standard InChI is InChI=1S/C20H19NO4/c1-20(2,3)15-11-12(19(24)25-4)9-10-16(15)21-17(22)13-7-5-6-8-14(13)18(21)23/h5-11H,1-4H3. The van der Waals surface area contributed by atoms with Crippen molar-refractivity contribution in [3.63, 3.8) is 0 Å². The van der Waals surface area contributed by atoms with Crippen LogP contribution in [-0.2, 0) is 10.2 Å². The minimum Gasteiger partial charge on any atom is -0.465 e. The molecule has 0 bridgehead atoms. The van der Waals surface area contributed by atoms with Crippen LogP contribution in [0, 0.1) is 0 Å². The molecule has 0 saturated heterocycles. The Bertz CT molecular complexity index is 858. The van der Waals surface area contributed by atoms with Crippen molar-refractivity contribution in [3.8, 4) is 0 Å². The van der Waals surface area contributed by atoms with E-state index in [-0.39, 0.29) is 17.2 Å². The van der Waals surface area contributed by atoms with Gasteiger partial charge >= 0.3 is 5.97 Å². The summed E-state index contributed by atoms with van der Waals surface area (Å²) in [5, 5.41) is 0. The SMILES string of the molecule is COC(=O)c1ccc(N2C(=O)c3ccccc3C2=O)c(C(C)(C)C)c1. The van der Waals surface area contributed by atoms with Gasteiger partial charge in [0.15, 0.2) is 0 Å². The lowest BCUT2D eigenvalue weighted by Crippen LogP contribution is -2.32. The molecular formula is C20H19NO4. The fourth-order valence-electron chi connectivity index (χ4n) is 2.98. The summed E-state index contributed by atoms with van der Waals surface area (Å²) in [6.45, 7) is 5.89. The van der Waals surface area contributed by atoms with E-state index in [1.807, 2.05) is 20.8 Å². The van der Waals surface area contributed by atoms with E-state index in [1.54, 1.807) is 42.5 Å². The third-order valence-corrected chi connectivity index (χ3v) is 4.26. The highest BCUT2D eigenvalue weighted by molar-refractivity contribution is 6.34. The number of ether oxygens (including phenoxy) is 1. The molecule has 128 valence electrons. The van der Waals surface area contributed by atoms with Gasteiger partial charge in [-0.15, -0.1) is 0 Å². The van der Waals surface area contributed by atoms with Crippen LogP contribution < -0.4 is 4.90 Å². The topological polar surface area (TPSA) is 63.7 Å². The first-order valence-electron chi connectivity index (χ1n) is 7.96. The third-order valence-electron chi connectivity index (χ3n) is 4.26. The zero-order valence-electron chi connectivity index (χ0n) is 14.6. The van der Waals surface area contributed by atoms with Gasteiger partial charge in [0.25, 0.3) is 11.8 Å². The Morgan fingerprint density at radius 1 is 0.960 bits per heavy atom. The number of rotatable bonds is 2. The average molecular weight is 337 g/mol. The first-order valence-corrected chi connectivity index (χ1v) is 7.96. The van der Waals surface area contributed by atoms with Gasteiger partial charge < -0.3 is 4.74 Å². The normalized spacial score (nSPS) is 13.8. The monoisotopic (exact) mass is 337 g/mol. The predicted octanol–water partition coefficient (Wildman–Crippen LogP) is 3.57. The molecular weight excluding hydrogens is 318 g/mol. The molecule has 1 aliphatic rings. The molecule has 0 spiro atoms. The molecule has 25 heavy (non-hydrogen) atoms. The number of amides is 2. The largest absolute Gasteiger partial charge is 0.465 e. The quantitative estimate of drug-likeness (QED) is 0.621. The number of hydrogen-bond donors (Lipinski definition) is 0. The van der Waals surface area contributed by atoms with Crippen LogP contribution >= 0.6 is 0 Å².